The Morgan fingerprint density at radius 1 is 1.32 bits per heavy atom. The number of nitrogens with zero attached hydrogens (tertiary/aromatic N) is 2. The molecule has 19 heavy (non-hydrogen) atoms. The minimum atomic E-state index is -3.53. The zero-order chi connectivity index (χ0) is 14.2. The van der Waals surface area contributed by atoms with Crippen LogP contribution in [0.4, 0.5) is 0 Å². The minimum absolute atomic E-state index is 0.101. The second-order valence-electron chi connectivity index (χ2n) is 5.05. The van der Waals surface area contributed by atoms with Crippen molar-refractivity contribution >= 4 is 33.2 Å². The van der Waals surface area contributed by atoms with Crippen molar-refractivity contribution in [1.82, 2.24) is 9.29 Å². The fourth-order valence-electron chi connectivity index (χ4n) is 2.14. The van der Waals surface area contributed by atoms with Gasteiger partial charge in [0.15, 0.2) is 0 Å². The summed E-state index contributed by atoms with van der Waals surface area (Å²) in [5.41, 5.74) is 0. The molecule has 1 fully saturated rings. The molecule has 1 aromatic heterocycles. The lowest BCUT2D eigenvalue weighted by Crippen LogP contribution is -2.42. The molecule has 0 bridgehead atoms. The third kappa shape index (κ3) is 3.05. The van der Waals surface area contributed by atoms with Crippen LogP contribution in [0, 0.1) is 11.8 Å². The van der Waals surface area contributed by atoms with E-state index in [1.807, 2.05) is 0 Å². The molecule has 2 rings (SSSR count). The van der Waals surface area contributed by atoms with Crippen molar-refractivity contribution in [2.75, 3.05) is 13.1 Å². The lowest BCUT2D eigenvalue weighted by molar-refractivity contribution is 0.212. The smallest absolute Gasteiger partial charge is 0.242 e. The first kappa shape index (κ1) is 15.0. The summed E-state index contributed by atoms with van der Waals surface area (Å²) >= 11 is 11.5. The van der Waals surface area contributed by atoms with E-state index in [0.717, 1.165) is 6.42 Å². The Morgan fingerprint density at radius 3 is 2.58 bits per heavy atom. The van der Waals surface area contributed by atoms with E-state index in [0.29, 0.717) is 24.9 Å². The Labute approximate surface area is 123 Å². The van der Waals surface area contributed by atoms with Gasteiger partial charge in [-0.3, -0.25) is 0 Å². The van der Waals surface area contributed by atoms with Crippen molar-refractivity contribution in [2.45, 2.75) is 25.2 Å². The highest BCUT2D eigenvalue weighted by atomic mass is 35.5. The second-order valence-corrected chi connectivity index (χ2v) is 7.75. The molecular weight excluding hydrogens is 307 g/mol. The van der Waals surface area contributed by atoms with E-state index in [-0.39, 0.29) is 15.1 Å². The van der Waals surface area contributed by atoms with Crippen molar-refractivity contribution in [3.8, 4) is 0 Å². The molecule has 2 unspecified atom stereocenters. The number of rotatable bonds is 2. The molecule has 1 aliphatic heterocycles. The van der Waals surface area contributed by atoms with E-state index in [1.54, 1.807) is 0 Å². The summed E-state index contributed by atoms with van der Waals surface area (Å²) in [4.78, 5) is 3.90. The number of sulfonamides is 1. The first-order valence-electron chi connectivity index (χ1n) is 6.13. The molecule has 0 amide bonds. The van der Waals surface area contributed by atoms with Crippen LogP contribution in [0.1, 0.15) is 20.3 Å². The average molecular weight is 323 g/mol. The van der Waals surface area contributed by atoms with Crippen molar-refractivity contribution in [3.05, 3.63) is 22.4 Å². The summed E-state index contributed by atoms with van der Waals surface area (Å²) in [5, 5.41) is 0.266. The first-order chi connectivity index (χ1) is 8.82. The monoisotopic (exact) mass is 322 g/mol. The van der Waals surface area contributed by atoms with Gasteiger partial charge in [-0.2, -0.15) is 4.31 Å². The molecule has 106 valence electrons. The largest absolute Gasteiger partial charge is 0.244 e. The summed E-state index contributed by atoms with van der Waals surface area (Å²) in [6, 6.07) is 1.36. The maximum atomic E-state index is 12.5. The topological polar surface area (TPSA) is 50.3 Å². The first-order valence-corrected chi connectivity index (χ1v) is 8.33. The number of halogens is 2. The molecule has 2 atom stereocenters. The van der Waals surface area contributed by atoms with Crippen LogP contribution in [0.25, 0.3) is 0 Å². The number of hydrogen-bond acceptors (Lipinski definition) is 3. The Hall–Kier alpha value is -0.360. The van der Waals surface area contributed by atoms with Crippen LogP contribution in [0.3, 0.4) is 0 Å². The fourth-order valence-corrected chi connectivity index (χ4v) is 4.00. The Bertz CT molecular complexity index is 577. The van der Waals surface area contributed by atoms with Crippen LogP contribution in [0.2, 0.25) is 10.2 Å². The summed E-state index contributed by atoms with van der Waals surface area (Å²) in [7, 11) is -3.53. The predicted octanol–water partition coefficient (Wildman–Crippen LogP) is 3.06. The van der Waals surface area contributed by atoms with Gasteiger partial charge in [0, 0.05) is 19.3 Å². The Kier molecular flexibility index (Phi) is 4.40. The molecule has 1 saturated heterocycles. The normalized spacial score (nSPS) is 25.5. The molecule has 0 aromatic carbocycles. The van der Waals surface area contributed by atoms with Gasteiger partial charge in [-0.15, -0.1) is 0 Å². The zero-order valence-electron chi connectivity index (χ0n) is 10.8. The van der Waals surface area contributed by atoms with E-state index in [9.17, 15) is 8.42 Å². The van der Waals surface area contributed by atoms with Crippen LogP contribution in [0.15, 0.2) is 17.2 Å². The highest BCUT2D eigenvalue weighted by molar-refractivity contribution is 7.89. The SMILES string of the molecule is CC1CCN(S(=O)(=O)c2cnc(Cl)c(Cl)c2)CC1C. The Balaban J connectivity index is 2.29. The fraction of sp³-hybridized carbons (Fsp3) is 0.583. The van der Waals surface area contributed by atoms with Crippen molar-refractivity contribution in [1.29, 1.82) is 0 Å². The van der Waals surface area contributed by atoms with Crippen LogP contribution >= 0.6 is 23.2 Å². The highest BCUT2D eigenvalue weighted by Crippen LogP contribution is 2.29. The van der Waals surface area contributed by atoms with E-state index in [2.05, 4.69) is 18.8 Å². The maximum absolute atomic E-state index is 12.5. The summed E-state index contributed by atoms with van der Waals surface area (Å²) in [5.74, 6) is 0.887. The number of aromatic nitrogens is 1. The van der Waals surface area contributed by atoms with E-state index < -0.39 is 10.0 Å². The zero-order valence-corrected chi connectivity index (χ0v) is 13.1. The van der Waals surface area contributed by atoms with Crippen molar-refractivity contribution < 1.29 is 8.42 Å². The van der Waals surface area contributed by atoms with Crippen molar-refractivity contribution in [3.63, 3.8) is 0 Å². The molecule has 2 heterocycles. The molecule has 0 saturated carbocycles. The highest BCUT2D eigenvalue weighted by Gasteiger charge is 2.32. The van der Waals surface area contributed by atoms with Gasteiger partial charge in [-0.05, 0) is 24.3 Å². The van der Waals surface area contributed by atoms with Crippen LogP contribution in [-0.2, 0) is 10.0 Å². The van der Waals surface area contributed by atoms with Crippen molar-refractivity contribution in [2.24, 2.45) is 11.8 Å². The van der Waals surface area contributed by atoms with Crippen LogP contribution in [-0.4, -0.2) is 30.8 Å². The molecule has 0 N–H and O–H groups in total. The minimum Gasteiger partial charge on any atom is -0.242 e. The molecular formula is C12H16Cl2N2O2S. The van der Waals surface area contributed by atoms with Gasteiger partial charge < -0.3 is 0 Å². The maximum Gasteiger partial charge on any atom is 0.244 e. The van der Waals surface area contributed by atoms with E-state index in [4.69, 9.17) is 23.2 Å². The summed E-state index contributed by atoms with van der Waals surface area (Å²) in [6.07, 6.45) is 2.13. The van der Waals surface area contributed by atoms with Gasteiger partial charge in [0.1, 0.15) is 10.0 Å². The number of pyridine rings is 1. The average Bonchev–Trinajstić information content (AvgIpc) is 2.35. The number of hydrogen-bond donors (Lipinski definition) is 0. The lowest BCUT2D eigenvalue weighted by Gasteiger charge is -2.34. The second kappa shape index (κ2) is 5.56. The molecule has 0 radical (unpaired) electrons. The van der Waals surface area contributed by atoms with Gasteiger partial charge in [-0.25, -0.2) is 13.4 Å². The Morgan fingerprint density at radius 2 is 2.00 bits per heavy atom. The molecule has 0 aliphatic carbocycles. The van der Waals surface area contributed by atoms with E-state index >= 15 is 0 Å². The van der Waals surface area contributed by atoms with Crippen LogP contribution < -0.4 is 0 Å². The third-order valence-corrected chi connectivity index (χ3v) is 6.22. The van der Waals surface area contributed by atoms with Gasteiger partial charge >= 0.3 is 0 Å². The van der Waals surface area contributed by atoms with E-state index in [1.165, 1.54) is 16.6 Å². The third-order valence-electron chi connectivity index (χ3n) is 3.71. The van der Waals surface area contributed by atoms with Gasteiger partial charge in [0.2, 0.25) is 10.0 Å². The predicted molar refractivity (Wildman–Crippen MR) is 76.0 cm³/mol. The quantitative estimate of drug-likeness (QED) is 0.786. The molecule has 1 aliphatic rings. The molecule has 7 heteroatoms. The van der Waals surface area contributed by atoms with Gasteiger partial charge in [0.05, 0.1) is 5.02 Å². The lowest BCUT2D eigenvalue weighted by atomic mass is 9.90. The van der Waals surface area contributed by atoms with Gasteiger partial charge in [-0.1, -0.05) is 37.0 Å². The summed E-state index contributed by atoms with van der Waals surface area (Å²) < 4.78 is 26.5. The number of piperidine rings is 1. The van der Waals surface area contributed by atoms with Crippen LogP contribution in [0.5, 0.6) is 0 Å². The molecule has 4 nitrogen and oxygen atoms in total. The molecule has 0 spiro atoms. The summed E-state index contributed by atoms with van der Waals surface area (Å²) in [6.45, 7) is 5.28. The van der Waals surface area contributed by atoms with Gasteiger partial charge in [0.25, 0.3) is 0 Å². The standard InChI is InChI=1S/C12H16Cl2N2O2S/c1-8-3-4-16(7-9(8)2)19(17,18)10-5-11(13)12(14)15-6-10/h5-6,8-9H,3-4,7H2,1-2H3. The molecule has 1 aromatic rings.